The number of pyridine rings is 1. The summed E-state index contributed by atoms with van der Waals surface area (Å²) >= 11 is 0. The fourth-order valence-electron chi connectivity index (χ4n) is 2.90. The van der Waals surface area contributed by atoms with Crippen LogP contribution >= 0.6 is 0 Å². The number of amides is 1. The van der Waals surface area contributed by atoms with Crippen LogP contribution in [0.5, 0.6) is 5.75 Å². The molecule has 0 aromatic carbocycles. The third-order valence-corrected chi connectivity index (χ3v) is 4.13. The second-order valence-electron chi connectivity index (χ2n) is 5.20. The van der Waals surface area contributed by atoms with Crippen molar-refractivity contribution in [2.24, 2.45) is 5.41 Å². The van der Waals surface area contributed by atoms with Gasteiger partial charge in [0.25, 0.3) is 5.91 Å². The van der Waals surface area contributed by atoms with E-state index in [2.05, 4.69) is 4.98 Å². The highest BCUT2D eigenvalue weighted by molar-refractivity contribution is 5.95. The van der Waals surface area contributed by atoms with Crippen molar-refractivity contribution in [1.82, 2.24) is 9.88 Å². The van der Waals surface area contributed by atoms with E-state index in [1.165, 1.54) is 25.3 Å². The van der Waals surface area contributed by atoms with E-state index in [9.17, 15) is 9.90 Å². The summed E-state index contributed by atoms with van der Waals surface area (Å²) in [4.78, 5) is 18.0. The van der Waals surface area contributed by atoms with Gasteiger partial charge in [-0.05, 0) is 36.8 Å². The molecule has 0 radical (unpaired) electrons. The van der Waals surface area contributed by atoms with Crippen molar-refractivity contribution in [3.8, 4) is 5.75 Å². The van der Waals surface area contributed by atoms with Crippen molar-refractivity contribution >= 4 is 5.91 Å². The second kappa shape index (κ2) is 3.72. The topological polar surface area (TPSA) is 53.4 Å². The molecule has 1 N–H and O–H groups in total. The predicted octanol–water partition coefficient (Wildman–Crippen LogP) is 1.80. The predicted molar refractivity (Wildman–Crippen MR) is 62.7 cm³/mol. The highest BCUT2D eigenvalue weighted by Gasteiger charge is 2.44. The van der Waals surface area contributed by atoms with Gasteiger partial charge in [-0.2, -0.15) is 0 Å². The van der Waals surface area contributed by atoms with Crippen molar-refractivity contribution in [3.05, 3.63) is 24.0 Å². The molecule has 1 saturated heterocycles. The number of nitrogens with zero attached hydrogens (tertiary/aromatic N) is 2. The molecule has 1 spiro atoms. The minimum absolute atomic E-state index is 0.0212. The first-order valence-corrected chi connectivity index (χ1v) is 6.14. The highest BCUT2D eigenvalue weighted by Crippen LogP contribution is 2.48. The summed E-state index contributed by atoms with van der Waals surface area (Å²) in [5.74, 6) is -0.154. The van der Waals surface area contributed by atoms with Crippen molar-refractivity contribution in [3.63, 3.8) is 0 Å². The zero-order valence-electron chi connectivity index (χ0n) is 9.72. The lowest BCUT2D eigenvalue weighted by Gasteiger charge is -2.37. The summed E-state index contributed by atoms with van der Waals surface area (Å²) in [6.07, 6.45) is 6.42. The van der Waals surface area contributed by atoms with E-state index < -0.39 is 0 Å². The van der Waals surface area contributed by atoms with Gasteiger partial charge in [-0.15, -0.1) is 0 Å². The maximum absolute atomic E-state index is 12.2. The minimum Gasteiger partial charge on any atom is -0.505 e. The summed E-state index contributed by atoms with van der Waals surface area (Å²) < 4.78 is 0. The van der Waals surface area contributed by atoms with Crippen LogP contribution < -0.4 is 0 Å². The minimum atomic E-state index is -0.133. The normalized spacial score (nSPS) is 21.5. The molecule has 0 unspecified atom stereocenters. The van der Waals surface area contributed by atoms with Crippen LogP contribution in [0.25, 0.3) is 0 Å². The number of rotatable bonds is 1. The van der Waals surface area contributed by atoms with Gasteiger partial charge in [0, 0.05) is 19.3 Å². The van der Waals surface area contributed by atoms with Crippen LogP contribution in [-0.2, 0) is 0 Å². The van der Waals surface area contributed by atoms with Crippen LogP contribution in [0.3, 0.4) is 0 Å². The smallest absolute Gasteiger partial charge is 0.276 e. The first kappa shape index (κ1) is 10.6. The Morgan fingerprint density at radius 3 is 2.82 bits per heavy atom. The summed E-state index contributed by atoms with van der Waals surface area (Å²) in [5, 5.41) is 9.63. The molecule has 1 aromatic heterocycles. The Kier molecular flexibility index (Phi) is 2.31. The second-order valence-corrected chi connectivity index (χ2v) is 5.20. The Morgan fingerprint density at radius 1 is 1.41 bits per heavy atom. The van der Waals surface area contributed by atoms with Gasteiger partial charge in [-0.3, -0.25) is 4.79 Å². The Hall–Kier alpha value is -1.58. The standard InChI is InChI=1S/C13H16N2O2/c16-10-3-1-7-14-11(10)12(17)15-8-6-13(9-15)4-2-5-13/h1,3,7,16H,2,4-6,8-9H2. The number of aromatic hydroxyl groups is 1. The van der Waals surface area contributed by atoms with Gasteiger partial charge in [0.05, 0.1) is 0 Å². The van der Waals surface area contributed by atoms with Crippen LogP contribution in [0.4, 0.5) is 0 Å². The highest BCUT2D eigenvalue weighted by atomic mass is 16.3. The Balaban J connectivity index is 1.77. The monoisotopic (exact) mass is 232 g/mol. The third-order valence-electron chi connectivity index (χ3n) is 4.13. The molecule has 0 atom stereocenters. The molecule has 1 amide bonds. The van der Waals surface area contributed by atoms with E-state index in [1.807, 2.05) is 4.90 Å². The lowest BCUT2D eigenvalue weighted by Crippen LogP contribution is -2.36. The summed E-state index contributed by atoms with van der Waals surface area (Å²) in [5.41, 5.74) is 0.573. The van der Waals surface area contributed by atoms with Gasteiger partial charge in [0.2, 0.25) is 0 Å². The average Bonchev–Trinajstić information content (AvgIpc) is 2.73. The zero-order valence-corrected chi connectivity index (χ0v) is 9.72. The Morgan fingerprint density at radius 2 is 2.24 bits per heavy atom. The van der Waals surface area contributed by atoms with Crippen molar-refractivity contribution in [2.45, 2.75) is 25.7 Å². The molecule has 2 fully saturated rings. The van der Waals surface area contributed by atoms with Gasteiger partial charge in [-0.1, -0.05) is 6.42 Å². The summed E-state index contributed by atoms with van der Waals surface area (Å²) in [6, 6.07) is 3.14. The average molecular weight is 232 g/mol. The van der Waals surface area contributed by atoms with E-state index in [-0.39, 0.29) is 17.4 Å². The SMILES string of the molecule is O=C(c1ncccc1O)N1CCC2(CCC2)C1. The molecule has 17 heavy (non-hydrogen) atoms. The summed E-state index contributed by atoms with van der Waals surface area (Å²) in [7, 11) is 0. The number of aromatic nitrogens is 1. The summed E-state index contributed by atoms with van der Waals surface area (Å²) in [6.45, 7) is 1.64. The molecular weight excluding hydrogens is 216 g/mol. The third kappa shape index (κ3) is 1.68. The molecular formula is C13H16N2O2. The van der Waals surface area contributed by atoms with Gasteiger partial charge in [-0.25, -0.2) is 4.98 Å². The van der Waals surface area contributed by atoms with E-state index in [0.29, 0.717) is 5.41 Å². The molecule has 3 rings (SSSR count). The van der Waals surface area contributed by atoms with E-state index >= 15 is 0 Å². The van der Waals surface area contributed by atoms with Crippen LogP contribution in [0.15, 0.2) is 18.3 Å². The molecule has 1 aliphatic heterocycles. The number of hydrogen-bond donors (Lipinski definition) is 1. The Labute approximate surface area is 100 Å². The molecule has 4 nitrogen and oxygen atoms in total. The van der Waals surface area contributed by atoms with Crippen LogP contribution in [0.2, 0.25) is 0 Å². The molecule has 2 heterocycles. The van der Waals surface area contributed by atoms with Gasteiger partial charge < -0.3 is 10.0 Å². The molecule has 0 bridgehead atoms. The fourth-order valence-corrected chi connectivity index (χ4v) is 2.90. The number of likely N-dealkylation sites (tertiary alicyclic amines) is 1. The zero-order chi connectivity index (χ0) is 11.9. The molecule has 1 aromatic rings. The number of carbonyl (C=O) groups excluding carboxylic acids is 1. The van der Waals surface area contributed by atoms with Crippen molar-refractivity contribution in [2.75, 3.05) is 13.1 Å². The van der Waals surface area contributed by atoms with Crippen LogP contribution in [-0.4, -0.2) is 34.0 Å². The van der Waals surface area contributed by atoms with Crippen LogP contribution in [0, 0.1) is 5.41 Å². The first-order chi connectivity index (χ1) is 8.20. The largest absolute Gasteiger partial charge is 0.505 e. The Bertz CT molecular complexity index is 454. The van der Waals surface area contributed by atoms with Gasteiger partial charge in [0.1, 0.15) is 5.75 Å². The van der Waals surface area contributed by atoms with Crippen molar-refractivity contribution in [1.29, 1.82) is 0 Å². The van der Waals surface area contributed by atoms with E-state index in [4.69, 9.17) is 0 Å². The number of hydrogen-bond acceptors (Lipinski definition) is 3. The molecule has 1 saturated carbocycles. The quantitative estimate of drug-likeness (QED) is 0.803. The van der Waals surface area contributed by atoms with Crippen LogP contribution in [0.1, 0.15) is 36.2 Å². The molecule has 90 valence electrons. The molecule has 4 heteroatoms. The maximum atomic E-state index is 12.2. The van der Waals surface area contributed by atoms with Crippen molar-refractivity contribution < 1.29 is 9.90 Å². The fraction of sp³-hybridized carbons (Fsp3) is 0.538. The van der Waals surface area contributed by atoms with Gasteiger partial charge >= 0.3 is 0 Å². The number of carbonyl (C=O) groups is 1. The molecule has 1 aliphatic carbocycles. The first-order valence-electron chi connectivity index (χ1n) is 6.14. The van der Waals surface area contributed by atoms with E-state index in [0.717, 1.165) is 19.5 Å². The lowest BCUT2D eigenvalue weighted by molar-refractivity contribution is 0.0723. The maximum Gasteiger partial charge on any atom is 0.276 e. The van der Waals surface area contributed by atoms with E-state index in [1.54, 1.807) is 12.3 Å². The van der Waals surface area contributed by atoms with Gasteiger partial charge in [0.15, 0.2) is 5.69 Å². The molecule has 2 aliphatic rings. The lowest BCUT2D eigenvalue weighted by atomic mass is 9.68.